The van der Waals surface area contributed by atoms with Crippen LogP contribution in [0.4, 0.5) is 8.78 Å². The number of halogens is 3. The first-order valence-electron chi connectivity index (χ1n) is 4.75. The number of carboxylic acid groups (broad SMARTS) is 1. The van der Waals surface area contributed by atoms with Gasteiger partial charge in [0.25, 0.3) is 0 Å². The van der Waals surface area contributed by atoms with Gasteiger partial charge in [0, 0.05) is 5.56 Å². The van der Waals surface area contributed by atoms with Crippen LogP contribution in [0.15, 0.2) is 22.8 Å². The van der Waals surface area contributed by atoms with Crippen molar-refractivity contribution < 1.29 is 18.7 Å². The topological polar surface area (TPSA) is 68.0 Å². The Hall–Kier alpha value is -1.83. The van der Waals surface area contributed by atoms with E-state index in [4.69, 9.17) is 5.11 Å². The Bertz CT molecular complexity index is 615. The molecule has 1 heterocycles. The predicted molar refractivity (Wildman–Crippen MR) is 60.1 cm³/mol. The van der Waals surface area contributed by atoms with E-state index in [2.05, 4.69) is 26.2 Å². The van der Waals surface area contributed by atoms with E-state index in [1.54, 1.807) is 0 Å². The van der Waals surface area contributed by atoms with Gasteiger partial charge in [0.2, 0.25) is 0 Å². The maximum absolute atomic E-state index is 13.6. The monoisotopic (exact) mass is 317 g/mol. The molecule has 0 aliphatic heterocycles. The Morgan fingerprint density at radius 2 is 2.17 bits per heavy atom. The van der Waals surface area contributed by atoms with Crippen molar-refractivity contribution in [3.05, 3.63) is 45.7 Å². The summed E-state index contributed by atoms with van der Waals surface area (Å²) >= 11 is 2.94. The minimum atomic E-state index is -1.25. The summed E-state index contributed by atoms with van der Waals surface area (Å²) < 4.78 is 28.3. The second-order valence-electron chi connectivity index (χ2n) is 3.43. The molecule has 1 aromatic carbocycles. The lowest BCUT2D eigenvalue weighted by Gasteiger charge is -2.05. The van der Waals surface area contributed by atoms with Crippen LogP contribution in [0.2, 0.25) is 0 Å². The summed E-state index contributed by atoms with van der Waals surface area (Å²) in [5.74, 6) is -2.73. The average Bonchev–Trinajstić information content (AvgIpc) is 2.78. The van der Waals surface area contributed by atoms with Gasteiger partial charge in [-0.2, -0.15) is 0 Å². The maximum atomic E-state index is 13.6. The van der Waals surface area contributed by atoms with Crippen molar-refractivity contribution in [2.45, 2.75) is 6.54 Å². The van der Waals surface area contributed by atoms with Gasteiger partial charge in [-0.25, -0.2) is 18.3 Å². The Morgan fingerprint density at radius 3 is 2.78 bits per heavy atom. The molecule has 2 rings (SSSR count). The van der Waals surface area contributed by atoms with E-state index in [0.29, 0.717) is 0 Å². The molecule has 0 atom stereocenters. The molecule has 94 valence electrons. The molecular weight excluding hydrogens is 312 g/mol. The fourth-order valence-corrected chi connectivity index (χ4v) is 1.72. The van der Waals surface area contributed by atoms with Crippen LogP contribution < -0.4 is 0 Å². The van der Waals surface area contributed by atoms with Gasteiger partial charge in [-0.05, 0) is 28.1 Å². The minimum absolute atomic E-state index is 0.123. The summed E-state index contributed by atoms with van der Waals surface area (Å²) in [6.07, 6.45) is 1.10. The number of rotatable bonds is 3. The number of aromatic carboxylic acids is 1. The van der Waals surface area contributed by atoms with Gasteiger partial charge in [0.1, 0.15) is 11.6 Å². The molecule has 0 aliphatic rings. The fraction of sp³-hybridized carbons (Fsp3) is 0.100. The first kappa shape index (κ1) is 12.6. The van der Waals surface area contributed by atoms with Gasteiger partial charge < -0.3 is 5.11 Å². The smallest absolute Gasteiger partial charge is 0.358 e. The standard InChI is InChI=1S/C10H6BrF2N3O2/c11-6-1-2-7(12)5(9(6)13)3-16-4-8(10(17)18)14-15-16/h1-2,4H,3H2,(H,17,18). The largest absolute Gasteiger partial charge is 0.476 e. The molecule has 0 unspecified atom stereocenters. The van der Waals surface area contributed by atoms with Crippen LogP contribution in [0.25, 0.3) is 0 Å². The fourth-order valence-electron chi connectivity index (χ4n) is 1.35. The molecule has 0 spiro atoms. The normalized spacial score (nSPS) is 10.6. The molecule has 0 saturated carbocycles. The number of carbonyl (C=O) groups is 1. The highest BCUT2D eigenvalue weighted by atomic mass is 79.9. The number of carboxylic acids is 1. The highest BCUT2D eigenvalue weighted by molar-refractivity contribution is 9.10. The molecule has 8 heteroatoms. The number of nitrogens with zero attached hydrogens (tertiary/aromatic N) is 3. The maximum Gasteiger partial charge on any atom is 0.358 e. The average molecular weight is 318 g/mol. The summed E-state index contributed by atoms with van der Waals surface area (Å²) in [5.41, 5.74) is -0.503. The highest BCUT2D eigenvalue weighted by Gasteiger charge is 2.15. The molecule has 18 heavy (non-hydrogen) atoms. The zero-order valence-electron chi connectivity index (χ0n) is 8.77. The molecule has 0 amide bonds. The Morgan fingerprint density at radius 1 is 1.44 bits per heavy atom. The van der Waals surface area contributed by atoms with Crippen molar-refractivity contribution in [3.8, 4) is 0 Å². The first-order chi connectivity index (χ1) is 8.49. The van der Waals surface area contributed by atoms with Crippen LogP contribution in [0.5, 0.6) is 0 Å². The summed E-state index contributed by atoms with van der Waals surface area (Å²) in [7, 11) is 0. The first-order valence-corrected chi connectivity index (χ1v) is 5.54. The molecule has 0 fully saturated rings. The lowest BCUT2D eigenvalue weighted by Crippen LogP contribution is -2.06. The summed E-state index contributed by atoms with van der Waals surface area (Å²) in [5, 5.41) is 15.5. The van der Waals surface area contributed by atoms with Crippen molar-refractivity contribution in [3.63, 3.8) is 0 Å². The number of benzene rings is 1. The number of hydrogen-bond acceptors (Lipinski definition) is 3. The molecule has 1 aromatic heterocycles. The Kier molecular flexibility index (Phi) is 3.37. The lowest BCUT2D eigenvalue weighted by atomic mass is 10.2. The quantitative estimate of drug-likeness (QED) is 0.880. The minimum Gasteiger partial charge on any atom is -0.476 e. The molecule has 2 aromatic rings. The SMILES string of the molecule is O=C(O)c1cn(Cc2c(F)ccc(Br)c2F)nn1. The van der Waals surface area contributed by atoms with E-state index >= 15 is 0 Å². The molecular formula is C10H6BrF2N3O2. The second kappa shape index (κ2) is 4.81. The highest BCUT2D eigenvalue weighted by Crippen LogP contribution is 2.22. The Labute approximate surface area is 108 Å². The number of aromatic nitrogens is 3. The third kappa shape index (κ3) is 2.37. The third-order valence-corrected chi connectivity index (χ3v) is 2.83. The van der Waals surface area contributed by atoms with Crippen LogP contribution in [-0.4, -0.2) is 26.1 Å². The zero-order valence-corrected chi connectivity index (χ0v) is 10.4. The predicted octanol–water partition coefficient (Wildman–Crippen LogP) is 2.07. The van der Waals surface area contributed by atoms with Crippen LogP contribution in [-0.2, 0) is 6.54 Å². The lowest BCUT2D eigenvalue weighted by molar-refractivity contribution is 0.0690. The van der Waals surface area contributed by atoms with Gasteiger partial charge in [0.15, 0.2) is 5.69 Å². The van der Waals surface area contributed by atoms with Gasteiger partial charge >= 0.3 is 5.97 Å². The van der Waals surface area contributed by atoms with E-state index in [1.165, 1.54) is 6.07 Å². The number of hydrogen-bond donors (Lipinski definition) is 1. The molecule has 0 radical (unpaired) electrons. The van der Waals surface area contributed by atoms with E-state index in [1.807, 2.05) is 0 Å². The van der Waals surface area contributed by atoms with Crippen LogP contribution in [0.1, 0.15) is 16.1 Å². The van der Waals surface area contributed by atoms with E-state index < -0.39 is 17.6 Å². The third-order valence-electron chi connectivity index (χ3n) is 2.22. The summed E-state index contributed by atoms with van der Waals surface area (Å²) in [6.45, 7) is -0.239. The van der Waals surface area contributed by atoms with Crippen LogP contribution in [0.3, 0.4) is 0 Å². The van der Waals surface area contributed by atoms with Gasteiger partial charge in [-0.15, -0.1) is 5.10 Å². The molecule has 5 nitrogen and oxygen atoms in total. The van der Waals surface area contributed by atoms with E-state index in [0.717, 1.165) is 16.9 Å². The molecule has 0 aliphatic carbocycles. The molecule has 0 bridgehead atoms. The second-order valence-corrected chi connectivity index (χ2v) is 4.28. The summed E-state index contributed by atoms with van der Waals surface area (Å²) in [4.78, 5) is 10.6. The van der Waals surface area contributed by atoms with Crippen molar-refractivity contribution in [1.29, 1.82) is 0 Å². The van der Waals surface area contributed by atoms with Crippen molar-refractivity contribution in [2.24, 2.45) is 0 Å². The molecule has 1 N–H and O–H groups in total. The van der Waals surface area contributed by atoms with Crippen LogP contribution >= 0.6 is 15.9 Å². The van der Waals surface area contributed by atoms with E-state index in [-0.39, 0.29) is 22.3 Å². The van der Waals surface area contributed by atoms with Crippen molar-refractivity contribution >= 4 is 21.9 Å². The van der Waals surface area contributed by atoms with Gasteiger partial charge in [-0.3, -0.25) is 0 Å². The van der Waals surface area contributed by atoms with Gasteiger partial charge in [-0.1, -0.05) is 5.21 Å². The Balaban J connectivity index is 2.33. The summed E-state index contributed by atoms with van der Waals surface area (Å²) in [6, 6.07) is 2.36. The van der Waals surface area contributed by atoms with Crippen LogP contribution in [0, 0.1) is 11.6 Å². The molecule has 0 saturated heterocycles. The van der Waals surface area contributed by atoms with Crippen molar-refractivity contribution in [2.75, 3.05) is 0 Å². The van der Waals surface area contributed by atoms with Crippen molar-refractivity contribution in [1.82, 2.24) is 15.0 Å². The van der Waals surface area contributed by atoms with E-state index in [9.17, 15) is 13.6 Å². The van der Waals surface area contributed by atoms with Gasteiger partial charge in [0.05, 0.1) is 17.2 Å². The zero-order chi connectivity index (χ0) is 13.3.